The van der Waals surface area contributed by atoms with Crippen LogP contribution in [0.5, 0.6) is 0 Å². The first kappa shape index (κ1) is 20.9. The van der Waals surface area contributed by atoms with Crippen molar-refractivity contribution in [2.45, 2.75) is 38.6 Å². The molecule has 0 saturated carbocycles. The molecule has 0 aliphatic carbocycles. The first-order valence-electron chi connectivity index (χ1n) is 11.0. The molecule has 4 nitrogen and oxygen atoms in total. The van der Waals surface area contributed by atoms with Gasteiger partial charge in [-0.1, -0.05) is 67.9 Å². The third kappa shape index (κ3) is 4.38. The highest BCUT2D eigenvalue weighted by atomic mass is 16.2. The number of carbonyl (C=O) groups is 2. The minimum Gasteiger partial charge on any atom is -0.312 e. The number of para-hydroxylation sites is 2. The van der Waals surface area contributed by atoms with E-state index in [0.29, 0.717) is 24.9 Å². The second-order valence-corrected chi connectivity index (χ2v) is 7.89. The van der Waals surface area contributed by atoms with Crippen LogP contribution >= 0.6 is 0 Å². The van der Waals surface area contributed by atoms with Crippen molar-refractivity contribution in [2.75, 3.05) is 16.3 Å². The lowest BCUT2D eigenvalue weighted by atomic mass is 9.93. The number of fused-ring (bicyclic) bond motifs is 1. The number of unbranched alkanes of at least 4 members (excludes halogenated alkanes) is 1. The fourth-order valence-corrected chi connectivity index (χ4v) is 4.28. The van der Waals surface area contributed by atoms with Gasteiger partial charge in [-0.2, -0.15) is 0 Å². The Labute approximate surface area is 184 Å². The number of amides is 2. The van der Waals surface area contributed by atoms with Gasteiger partial charge in [0.2, 0.25) is 5.91 Å². The molecule has 0 N–H and O–H groups in total. The zero-order valence-electron chi connectivity index (χ0n) is 17.9. The lowest BCUT2D eigenvalue weighted by molar-refractivity contribution is -0.118. The predicted molar refractivity (Wildman–Crippen MR) is 125 cm³/mol. The van der Waals surface area contributed by atoms with Crippen LogP contribution in [0.25, 0.3) is 0 Å². The van der Waals surface area contributed by atoms with Crippen molar-refractivity contribution in [2.24, 2.45) is 0 Å². The molecule has 0 spiro atoms. The zero-order valence-corrected chi connectivity index (χ0v) is 17.9. The van der Waals surface area contributed by atoms with Crippen LogP contribution in [0.3, 0.4) is 0 Å². The molecule has 1 heterocycles. The van der Waals surface area contributed by atoms with Crippen molar-refractivity contribution >= 4 is 23.2 Å². The zero-order chi connectivity index (χ0) is 21.6. The second kappa shape index (κ2) is 9.61. The molecule has 4 heteroatoms. The van der Waals surface area contributed by atoms with Gasteiger partial charge < -0.3 is 9.80 Å². The third-order valence-electron chi connectivity index (χ3n) is 5.84. The summed E-state index contributed by atoms with van der Waals surface area (Å²) in [4.78, 5) is 30.3. The Kier molecular flexibility index (Phi) is 6.46. The van der Waals surface area contributed by atoms with Gasteiger partial charge in [0, 0.05) is 29.9 Å². The molecule has 158 valence electrons. The highest BCUT2D eigenvalue weighted by Crippen LogP contribution is 2.40. The molecule has 1 aliphatic rings. The average Bonchev–Trinajstić information content (AvgIpc) is 2.84. The van der Waals surface area contributed by atoms with E-state index >= 15 is 0 Å². The van der Waals surface area contributed by atoms with Crippen LogP contribution < -0.4 is 9.80 Å². The highest BCUT2D eigenvalue weighted by molar-refractivity contribution is 6.07. The lowest BCUT2D eigenvalue weighted by Crippen LogP contribution is -2.43. The van der Waals surface area contributed by atoms with E-state index in [4.69, 9.17) is 0 Å². The number of nitrogens with zero attached hydrogens (tertiary/aromatic N) is 2. The SMILES string of the molecule is CCCCC(=O)N1CCC(N(C(=O)c2ccccc2)c2ccccc2)c2ccccc21. The van der Waals surface area contributed by atoms with Crippen molar-refractivity contribution in [3.63, 3.8) is 0 Å². The molecule has 0 aromatic heterocycles. The van der Waals surface area contributed by atoms with Gasteiger partial charge in [0.1, 0.15) is 0 Å². The quantitative estimate of drug-likeness (QED) is 0.498. The summed E-state index contributed by atoms with van der Waals surface area (Å²) in [6, 6.07) is 27.1. The van der Waals surface area contributed by atoms with Crippen LogP contribution in [-0.2, 0) is 4.79 Å². The number of carbonyl (C=O) groups excluding carboxylic acids is 2. The van der Waals surface area contributed by atoms with Crippen LogP contribution in [0.15, 0.2) is 84.9 Å². The third-order valence-corrected chi connectivity index (χ3v) is 5.84. The summed E-state index contributed by atoms with van der Waals surface area (Å²) in [7, 11) is 0. The summed E-state index contributed by atoms with van der Waals surface area (Å²) >= 11 is 0. The average molecular weight is 413 g/mol. The number of rotatable bonds is 6. The second-order valence-electron chi connectivity index (χ2n) is 7.89. The van der Waals surface area contributed by atoms with E-state index in [1.807, 2.05) is 94.7 Å². The van der Waals surface area contributed by atoms with Crippen molar-refractivity contribution in [3.8, 4) is 0 Å². The molecule has 0 fully saturated rings. The van der Waals surface area contributed by atoms with Crippen molar-refractivity contribution in [3.05, 3.63) is 96.1 Å². The van der Waals surface area contributed by atoms with E-state index in [1.54, 1.807) is 0 Å². The van der Waals surface area contributed by atoms with Crippen molar-refractivity contribution in [1.29, 1.82) is 0 Å². The topological polar surface area (TPSA) is 40.6 Å². The number of hydrogen-bond donors (Lipinski definition) is 0. The van der Waals surface area contributed by atoms with Gasteiger partial charge in [-0.05, 0) is 48.7 Å². The Bertz CT molecular complexity index is 1030. The van der Waals surface area contributed by atoms with Crippen molar-refractivity contribution < 1.29 is 9.59 Å². The molecular weight excluding hydrogens is 384 g/mol. The monoisotopic (exact) mass is 412 g/mol. The van der Waals surface area contributed by atoms with Crippen LogP contribution in [0, 0.1) is 0 Å². The maximum absolute atomic E-state index is 13.7. The molecule has 3 aromatic carbocycles. The number of anilines is 2. The Morgan fingerprint density at radius 1 is 0.903 bits per heavy atom. The van der Waals surface area contributed by atoms with E-state index in [9.17, 15) is 9.59 Å². The Morgan fingerprint density at radius 3 is 2.26 bits per heavy atom. The first-order chi connectivity index (χ1) is 15.2. The van der Waals surface area contributed by atoms with Gasteiger partial charge in [0.05, 0.1) is 6.04 Å². The van der Waals surface area contributed by atoms with Gasteiger partial charge in [-0.15, -0.1) is 0 Å². The highest BCUT2D eigenvalue weighted by Gasteiger charge is 2.35. The molecule has 1 aliphatic heterocycles. The van der Waals surface area contributed by atoms with Crippen LogP contribution in [0.4, 0.5) is 11.4 Å². The molecular formula is C27H28N2O2. The maximum Gasteiger partial charge on any atom is 0.258 e. The number of hydrogen-bond acceptors (Lipinski definition) is 2. The smallest absolute Gasteiger partial charge is 0.258 e. The molecule has 4 rings (SSSR count). The van der Waals surface area contributed by atoms with E-state index in [1.165, 1.54) is 0 Å². The minimum absolute atomic E-state index is 0.0302. The van der Waals surface area contributed by atoms with Crippen LogP contribution in [0.1, 0.15) is 54.6 Å². The summed E-state index contributed by atoms with van der Waals surface area (Å²) < 4.78 is 0. The van der Waals surface area contributed by atoms with Gasteiger partial charge in [0.15, 0.2) is 0 Å². The first-order valence-corrected chi connectivity index (χ1v) is 11.0. The Hall–Kier alpha value is -3.40. The van der Waals surface area contributed by atoms with Gasteiger partial charge in [0.25, 0.3) is 5.91 Å². The molecule has 2 amide bonds. The van der Waals surface area contributed by atoms with Crippen LogP contribution in [0.2, 0.25) is 0 Å². The molecule has 0 saturated heterocycles. The van der Waals surface area contributed by atoms with Crippen LogP contribution in [-0.4, -0.2) is 18.4 Å². The van der Waals surface area contributed by atoms with Gasteiger partial charge in [-0.3, -0.25) is 9.59 Å². The fraction of sp³-hybridized carbons (Fsp3) is 0.259. The predicted octanol–water partition coefficient (Wildman–Crippen LogP) is 6.00. The Balaban J connectivity index is 1.75. The molecule has 3 aromatic rings. The summed E-state index contributed by atoms with van der Waals surface area (Å²) in [6.07, 6.45) is 3.14. The summed E-state index contributed by atoms with van der Waals surface area (Å²) in [5, 5.41) is 0. The molecule has 0 bridgehead atoms. The minimum atomic E-state index is -0.137. The summed E-state index contributed by atoms with van der Waals surface area (Å²) in [5.74, 6) is 0.130. The van der Waals surface area contributed by atoms with E-state index in [-0.39, 0.29) is 17.9 Å². The van der Waals surface area contributed by atoms with Crippen molar-refractivity contribution in [1.82, 2.24) is 0 Å². The lowest BCUT2D eigenvalue weighted by Gasteiger charge is -2.40. The maximum atomic E-state index is 13.7. The summed E-state index contributed by atoms with van der Waals surface area (Å²) in [6.45, 7) is 2.70. The largest absolute Gasteiger partial charge is 0.312 e. The summed E-state index contributed by atoms with van der Waals surface area (Å²) in [5.41, 5.74) is 3.46. The molecule has 0 radical (unpaired) electrons. The standard InChI is InChI=1S/C27H28N2O2/c1-2-3-18-26(30)28-20-19-25(23-16-10-11-17-24(23)28)29(22-14-8-5-9-15-22)27(31)21-12-6-4-7-13-21/h4-17,25H,2-3,18-20H2,1H3. The molecule has 1 unspecified atom stereocenters. The fourth-order valence-electron chi connectivity index (χ4n) is 4.28. The van der Waals surface area contributed by atoms with Gasteiger partial charge >= 0.3 is 0 Å². The van der Waals surface area contributed by atoms with E-state index in [0.717, 1.165) is 29.8 Å². The molecule has 1 atom stereocenters. The Morgan fingerprint density at radius 2 is 1.55 bits per heavy atom. The van der Waals surface area contributed by atoms with E-state index < -0.39 is 0 Å². The van der Waals surface area contributed by atoms with E-state index in [2.05, 4.69) is 6.92 Å². The number of benzene rings is 3. The molecule has 31 heavy (non-hydrogen) atoms. The normalized spacial score (nSPS) is 15.3. The van der Waals surface area contributed by atoms with Gasteiger partial charge in [-0.25, -0.2) is 0 Å².